The monoisotopic (exact) mass is 524 g/mol. The van der Waals surface area contributed by atoms with Crippen LogP contribution in [0.1, 0.15) is 42.5 Å². The van der Waals surface area contributed by atoms with Crippen LogP contribution in [0.4, 0.5) is 14.9 Å². The Morgan fingerprint density at radius 2 is 1.89 bits per heavy atom. The number of benzene rings is 2. The molecule has 2 fully saturated rings. The largest absolute Gasteiger partial charge is 0.322 e. The summed E-state index contributed by atoms with van der Waals surface area (Å²) in [7, 11) is 3.75. The summed E-state index contributed by atoms with van der Waals surface area (Å²) in [6.07, 6.45) is 3.21. The minimum absolute atomic E-state index is 0.0188. The zero-order chi connectivity index (χ0) is 26.4. The van der Waals surface area contributed by atoms with E-state index in [0.717, 1.165) is 11.8 Å². The van der Waals surface area contributed by atoms with Crippen molar-refractivity contribution in [1.29, 1.82) is 0 Å². The van der Waals surface area contributed by atoms with Crippen LogP contribution in [-0.2, 0) is 4.79 Å². The van der Waals surface area contributed by atoms with Gasteiger partial charge >= 0.3 is 6.03 Å². The van der Waals surface area contributed by atoms with Gasteiger partial charge in [0.2, 0.25) is 5.91 Å². The number of hydrogen-bond donors (Lipinski definition) is 1. The number of rotatable bonds is 7. The molecular formula is C28H30ClFN4O3. The predicted octanol–water partition coefficient (Wildman–Crippen LogP) is 5.39. The smallest absolute Gasteiger partial charge is 0.311 e. The van der Waals surface area contributed by atoms with Gasteiger partial charge in [-0.2, -0.15) is 0 Å². The molecule has 0 spiro atoms. The predicted molar refractivity (Wildman–Crippen MR) is 142 cm³/mol. The van der Waals surface area contributed by atoms with Crippen LogP contribution >= 0.6 is 11.6 Å². The highest BCUT2D eigenvalue weighted by molar-refractivity contribution is 6.30. The molecule has 1 aliphatic heterocycles. The van der Waals surface area contributed by atoms with Gasteiger partial charge in [-0.3, -0.25) is 14.2 Å². The molecule has 37 heavy (non-hydrogen) atoms. The summed E-state index contributed by atoms with van der Waals surface area (Å²) in [6, 6.07) is 11.3. The van der Waals surface area contributed by atoms with Crippen molar-refractivity contribution < 1.29 is 18.8 Å². The number of nitrogens with one attached hydrogen (secondary N) is 1. The quantitative estimate of drug-likeness (QED) is 0.449. The highest BCUT2D eigenvalue weighted by Crippen LogP contribution is 2.49. The van der Waals surface area contributed by atoms with E-state index in [0.29, 0.717) is 35.7 Å². The molecule has 2 aliphatic rings. The van der Waals surface area contributed by atoms with Crippen LogP contribution in [0.25, 0.3) is 10.9 Å². The minimum Gasteiger partial charge on any atom is -0.311 e. The lowest BCUT2D eigenvalue weighted by atomic mass is 9.89. The number of ketones is 1. The zero-order valence-corrected chi connectivity index (χ0v) is 21.8. The Morgan fingerprint density at radius 1 is 1.14 bits per heavy atom. The molecule has 7 nitrogen and oxygen atoms in total. The Labute approximate surface area is 220 Å². The number of anilines is 1. The van der Waals surface area contributed by atoms with E-state index >= 15 is 0 Å². The SMILES string of the molecule is CC(=O)n1cc(NC(=O)N2[C@@H]3C[C@@H]3C[C@H]2C(=O)C[C@H](CN(C)C)c2cccc(Cl)c2F)c2ccccc21. The van der Waals surface area contributed by atoms with E-state index in [9.17, 15) is 18.8 Å². The zero-order valence-electron chi connectivity index (χ0n) is 21.1. The maximum Gasteiger partial charge on any atom is 0.322 e. The number of carbonyl (C=O) groups is 3. The topological polar surface area (TPSA) is 74.6 Å². The maximum atomic E-state index is 14.9. The Bertz CT molecular complexity index is 1390. The van der Waals surface area contributed by atoms with Gasteiger partial charge in [0.25, 0.3) is 0 Å². The molecule has 194 valence electrons. The number of hydrogen-bond acceptors (Lipinski definition) is 4. The van der Waals surface area contributed by atoms with E-state index in [1.807, 2.05) is 43.3 Å². The summed E-state index contributed by atoms with van der Waals surface area (Å²) >= 11 is 6.03. The molecule has 1 N–H and O–H groups in total. The van der Waals surface area contributed by atoms with Gasteiger partial charge in [-0.25, -0.2) is 9.18 Å². The second-order valence-corrected chi connectivity index (χ2v) is 10.8. The number of halogens is 2. The second-order valence-electron chi connectivity index (χ2n) is 10.4. The number of piperidine rings is 1. The first-order valence-corrected chi connectivity index (χ1v) is 12.8. The first-order valence-electron chi connectivity index (χ1n) is 12.5. The average Bonchev–Trinajstić information content (AvgIpc) is 3.35. The van der Waals surface area contributed by atoms with Crippen LogP contribution in [0.2, 0.25) is 5.02 Å². The molecule has 1 saturated carbocycles. The van der Waals surface area contributed by atoms with Crippen LogP contribution in [0.5, 0.6) is 0 Å². The molecule has 4 atom stereocenters. The summed E-state index contributed by atoms with van der Waals surface area (Å²) in [5.74, 6) is -0.840. The van der Waals surface area contributed by atoms with Gasteiger partial charge in [0.05, 0.1) is 22.3 Å². The van der Waals surface area contributed by atoms with E-state index in [2.05, 4.69) is 5.32 Å². The second kappa shape index (κ2) is 9.91. The fourth-order valence-electron chi connectivity index (χ4n) is 5.68. The Balaban J connectivity index is 1.37. The Morgan fingerprint density at radius 3 is 2.62 bits per heavy atom. The van der Waals surface area contributed by atoms with Gasteiger partial charge in [-0.05, 0) is 50.6 Å². The van der Waals surface area contributed by atoms with Crippen LogP contribution in [0, 0.1) is 11.7 Å². The summed E-state index contributed by atoms with van der Waals surface area (Å²) in [6.45, 7) is 1.94. The summed E-state index contributed by atoms with van der Waals surface area (Å²) in [5, 5.41) is 3.74. The highest BCUT2D eigenvalue weighted by Gasteiger charge is 2.56. The molecule has 9 heteroatoms. The van der Waals surface area contributed by atoms with Gasteiger partial charge in [0.15, 0.2) is 5.78 Å². The lowest BCUT2D eigenvalue weighted by Crippen LogP contribution is -2.45. The number of aromatic nitrogens is 1. The molecule has 0 unspecified atom stereocenters. The molecule has 1 aliphatic carbocycles. The van der Waals surface area contributed by atoms with E-state index in [4.69, 9.17) is 11.6 Å². The number of nitrogens with zero attached hydrogens (tertiary/aromatic N) is 3. The minimum atomic E-state index is -0.572. The van der Waals surface area contributed by atoms with E-state index < -0.39 is 17.8 Å². The highest BCUT2D eigenvalue weighted by atomic mass is 35.5. The van der Waals surface area contributed by atoms with E-state index in [1.54, 1.807) is 23.2 Å². The lowest BCUT2D eigenvalue weighted by molar-refractivity contribution is -0.123. The molecule has 2 amide bonds. The maximum absolute atomic E-state index is 14.9. The van der Waals surface area contributed by atoms with Crippen molar-refractivity contribution in [2.24, 2.45) is 5.92 Å². The number of likely N-dealkylation sites (tertiary alicyclic amines) is 1. The number of urea groups is 1. The molecule has 0 radical (unpaired) electrons. The first-order chi connectivity index (χ1) is 17.7. The molecule has 2 aromatic carbocycles. The summed E-state index contributed by atoms with van der Waals surface area (Å²) in [4.78, 5) is 42.8. The summed E-state index contributed by atoms with van der Waals surface area (Å²) < 4.78 is 16.4. The molecule has 2 heterocycles. The molecule has 1 aromatic heterocycles. The standard InChI is InChI=1S/C28H30ClFN4O3/c1-16(35)33-15-22(20-7-4-5-10-23(20)33)31-28(37)34-24-11-17(24)12-25(34)26(36)13-18(14-32(2)3)19-8-6-9-21(29)27(19)30/h4-10,15,17-18,24-25H,11-14H2,1-3H3,(H,31,37)/t17-,18-,24-,25+/m1/s1. The Kier molecular flexibility index (Phi) is 6.81. The van der Waals surface area contributed by atoms with Crippen molar-refractivity contribution in [3.8, 4) is 0 Å². The van der Waals surface area contributed by atoms with Gasteiger partial charge in [-0.15, -0.1) is 0 Å². The fraction of sp³-hybridized carbons (Fsp3) is 0.393. The fourth-order valence-corrected chi connectivity index (χ4v) is 5.87. The third-order valence-corrected chi connectivity index (χ3v) is 7.75. The van der Waals surface area contributed by atoms with E-state index in [-0.39, 0.29) is 35.2 Å². The van der Waals surface area contributed by atoms with Gasteiger partial charge in [0.1, 0.15) is 5.82 Å². The lowest BCUT2D eigenvalue weighted by Gasteiger charge is -2.29. The Hall–Kier alpha value is -3.23. The summed E-state index contributed by atoms with van der Waals surface area (Å²) in [5.41, 5.74) is 1.64. The number of para-hydroxylation sites is 1. The number of amides is 2. The molecule has 5 rings (SSSR count). The first kappa shape index (κ1) is 25.4. The average molecular weight is 525 g/mol. The number of likely N-dealkylation sites (N-methyl/N-ethyl adjacent to an activating group) is 1. The van der Waals surface area contributed by atoms with Crippen LogP contribution in [0.15, 0.2) is 48.7 Å². The number of carbonyl (C=O) groups excluding carboxylic acids is 3. The van der Waals surface area contributed by atoms with Crippen LogP contribution in [0.3, 0.4) is 0 Å². The van der Waals surface area contributed by atoms with Gasteiger partial charge in [-0.1, -0.05) is 41.9 Å². The number of fused-ring (bicyclic) bond motifs is 2. The van der Waals surface area contributed by atoms with Crippen LogP contribution < -0.4 is 5.32 Å². The van der Waals surface area contributed by atoms with Crippen molar-refractivity contribution in [1.82, 2.24) is 14.4 Å². The molecule has 3 aromatic rings. The van der Waals surface area contributed by atoms with Crippen LogP contribution in [-0.4, -0.2) is 64.8 Å². The van der Waals surface area contributed by atoms with Crippen molar-refractivity contribution in [2.75, 3.05) is 26.0 Å². The van der Waals surface area contributed by atoms with E-state index in [1.165, 1.54) is 17.6 Å². The van der Waals surface area contributed by atoms with Gasteiger partial charge in [0, 0.05) is 43.4 Å². The van der Waals surface area contributed by atoms with Crippen molar-refractivity contribution in [3.63, 3.8) is 0 Å². The van der Waals surface area contributed by atoms with Gasteiger partial charge < -0.3 is 15.1 Å². The molecule has 0 bridgehead atoms. The number of Topliss-reactive ketones (excluding diaryl/α,β-unsaturated/α-hetero) is 1. The van der Waals surface area contributed by atoms with Crippen molar-refractivity contribution in [2.45, 2.75) is 44.2 Å². The molecular weight excluding hydrogens is 495 g/mol. The third kappa shape index (κ3) is 4.88. The third-order valence-electron chi connectivity index (χ3n) is 7.46. The van der Waals surface area contributed by atoms with Crippen molar-refractivity contribution in [3.05, 3.63) is 65.1 Å². The molecule has 1 saturated heterocycles. The normalized spacial score (nSPS) is 21.2. The van der Waals surface area contributed by atoms with Crippen molar-refractivity contribution >= 4 is 45.9 Å².